The van der Waals surface area contributed by atoms with E-state index in [0.29, 0.717) is 0 Å². The van der Waals surface area contributed by atoms with Crippen LogP contribution in [0, 0.1) is 0 Å². The van der Waals surface area contributed by atoms with Crippen LogP contribution in [0.1, 0.15) is 0 Å². The molecule has 25 rings (SSSR count). The molecule has 19 aromatic carbocycles. The molecule has 0 spiro atoms. The van der Waals surface area contributed by atoms with Gasteiger partial charge in [0.05, 0.1) is 55.2 Å². The van der Waals surface area contributed by atoms with E-state index < -0.39 is 0 Å². The molecule has 572 valence electrons. The molecule has 0 radical (unpaired) electrons. The Labute approximate surface area is 703 Å². The Morgan fingerprint density at radius 2 is 0.402 bits per heavy atom. The number of furan rings is 1. The molecule has 6 aromatic heterocycles. The van der Waals surface area contributed by atoms with E-state index in [9.17, 15) is 0 Å². The highest BCUT2D eigenvalue weighted by molar-refractivity contribution is 6.16. The second-order valence-electron chi connectivity index (χ2n) is 31.5. The van der Waals surface area contributed by atoms with Crippen molar-refractivity contribution in [3.63, 3.8) is 0 Å². The monoisotopic (exact) mass is 1560 g/mol. The molecule has 0 aliphatic rings. The molecule has 0 bridgehead atoms. The van der Waals surface area contributed by atoms with Crippen LogP contribution in [0.3, 0.4) is 0 Å². The van der Waals surface area contributed by atoms with Crippen molar-refractivity contribution < 1.29 is 4.42 Å². The molecule has 8 heteroatoms. The first-order valence-corrected chi connectivity index (χ1v) is 41.7. The summed E-state index contributed by atoms with van der Waals surface area (Å²) >= 11 is 0. The number of nitrogens with zero attached hydrogens (tertiary/aromatic N) is 7. The van der Waals surface area contributed by atoms with Gasteiger partial charge in [0.2, 0.25) is 0 Å². The standard InChI is InChI=1S/C60H40N4.C54H35N3O/c1-4-16-43(17-5-1)62-55-25-13-10-22-49(55)52-35-30-42(38-58(52)62)41-28-31-46(32-29-41)61(47-33-36-53-50-23-11-14-26-56(50)63(59(53)39-47)44-18-6-2-7-19-44)48-34-37-54-51-24-12-15-27-57(51)64(60(54)40-48)45-20-8-3-9-21-45;1-3-14-37(15-4-1)56-49-23-10-7-18-43(49)45-32-30-40(34-51(45)56)55(39-28-26-36(27-29-39)42-21-13-22-48-47-20-9-12-25-53(47)58-54(42)48)41-31-33-46-44-19-8-11-24-50(44)57(52(46)35-41)38-16-5-2-6-17-38/h1-40H;1-35H. The normalized spacial score (nSPS) is 11.8. The average molecular weight is 1560 g/mol. The lowest BCUT2D eigenvalue weighted by molar-refractivity contribution is 0.670. The van der Waals surface area contributed by atoms with Gasteiger partial charge in [0.25, 0.3) is 0 Å². The third-order valence-electron chi connectivity index (χ3n) is 24.7. The SMILES string of the molecule is c1ccc(-n2c3ccccc3c3ccc(-c4ccc(N(c5ccc6c7ccccc7n(-c7ccccc7)c6c5)c5ccc6c7ccccc7n(-c7ccccc7)c6c5)cc4)cc32)cc1.c1ccc(-n2c3ccccc3c3ccc(N(c4ccc(-c5cccc6c5oc5ccccc56)cc4)c4ccc5c6ccccc6n(-c6ccccc6)c5c4)cc32)cc1. The molecule has 0 saturated carbocycles. The van der Waals surface area contributed by atoms with Crippen LogP contribution >= 0.6 is 0 Å². The largest absolute Gasteiger partial charge is 0.455 e. The van der Waals surface area contributed by atoms with Crippen molar-refractivity contribution in [1.29, 1.82) is 0 Å². The molecule has 0 unspecified atom stereocenters. The molecular weight excluding hydrogens is 1480 g/mol. The highest BCUT2D eigenvalue weighted by atomic mass is 16.3. The minimum Gasteiger partial charge on any atom is -0.455 e. The van der Waals surface area contributed by atoms with Crippen LogP contribution in [0.4, 0.5) is 34.1 Å². The maximum Gasteiger partial charge on any atom is 0.143 e. The number of anilines is 6. The van der Waals surface area contributed by atoms with Gasteiger partial charge in [0.15, 0.2) is 0 Å². The minimum atomic E-state index is 0.902. The zero-order chi connectivity index (χ0) is 80.3. The van der Waals surface area contributed by atoms with Crippen LogP contribution in [-0.2, 0) is 0 Å². The number of para-hydroxylation sites is 12. The smallest absolute Gasteiger partial charge is 0.143 e. The Morgan fingerprint density at radius 3 is 0.738 bits per heavy atom. The minimum absolute atomic E-state index is 0.902. The van der Waals surface area contributed by atoms with Gasteiger partial charge < -0.3 is 37.1 Å². The van der Waals surface area contributed by atoms with Crippen LogP contribution in [0.25, 0.3) is 182 Å². The molecule has 122 heavy (non-hydrogen) atoms. The summed E-state index contributed by atoms with van der Waals surface area (Å²) in [6.07, 6.45) is 0. The number of rotatable bonds is 13. The molecule has 0 fully saturated rings. The molecule has 25 aromatic rings. The van der Waals surface area contributed by atoms with E-state index in [-0.39, 0.29) is 0 Å². The number of fused-ring (bicyclic) bond motifs is 18. The predicted octanol–water partition coefficient (Wildman–Crippen LogP) is 31.0. The van der Waals surface area contributed by atoms with E-state index in [1.807, 2.05) is 12.1 Å². The Bertz CT molecular complexity index is 8050. The molecule has 0 N–H and O–H groups in total. The summed E-state index contributed by atoms with van der Waals surface area (Å²) in [4.78, 5) is 4.81. The Kier molecular flexibility index (Phi) is 16.5. The van der Waals surface area contributed by atoms with Gasteiger partial charge in [0.1, 0.15) is 11.2 Å². The number of aromatic nitrogens is 5. The summed E-state index contributed by atoms with van der Waals surface area (Å²) < 4.78 is 18.4. The second-order valence-corrected chi connectivity index (χ2v) is 31.5. The van der Waals surface area contributed by atoms with E-state index in [2.05, 4.69) is 475 Å². The average Bonchev–Trinajstić information content (AvgIpc) is 1.58. The fraction of sp³-hybridized carbons (Fsp3) is 0. The van der Waals surface area contributed by atoms with Gasteiger partial charge in [-0.1, -0.05) is 279 Å². The van der Waals surface area contributed by atoms with Crippen molar-refractivity contribution in [3.05, 3.63) is 455 Å². The van der Waals surface area contributed by atoms with E-state index in [4.69, 9.17) is 4.42 Å². The molecule has 0 aliphatic heterocycles. The zero-order valence-corrected chi connectivity index (χ0v) is 66.3. The summed E-state index contributed by atoms with van der Waals surface area (Å²) in [5, 5.41) is 14.6. The van der Waals surface area contributed by atoms with E-state index in [1.54, 1.807) is 0 Å². The third kappa shape index (κ3) is 11.4. The molecule has 0 atom stereocenters. The van der Waals surface area contributed by atoms with Gasteiger partial charge in [-0.2, -0.15) is 0 Å². The van der Waals surface area contributed by atoms with Gasteiger partial charge >= 0.3 is 0 Å². The van der Waals surface area contributed by atoms with Gasteiger partial charge in [-0.25, -0.2) is 0 Å². The topological polar surface area (TPSA) is 44.3 Å². The summed E-state index contributed by atoms with van der Waals surface area (Å²) in [6.45, 7) is 0. The van der Waals surface area contributed by atoms with Crippen molar-refractivity contribution >= 4 is 165 Å². The lowest BCUT2D eigenvalue weighted by Crippen LogP contribution is -2.10. The second kappa shape index (κ2) is 28.7. The predicted molar refractivity (Wildman–Crippen MR) is 512 cm³/mol. The number of hydrogen-bond acceptors (Lipinski definition) is 3. The molecule has 6 heterocycles. The Hall–Kier alpha value is -16.4. The Balaban J connectivity index is 0.000000139. The van der Waals surface area contributed by atoms with Crippen molar-refractivity contribution in [2.24, 2.45) is 0 Å². The van der Waals surface area contributed by atoms with Crippen LogP contribution in [0.15, 0.2) is 459 Å². The molecule has 8 nitrogen and oxygen atoms in total. The first-order valence-electron chi connectivity index (χ1n) is 41.7. The van der Waals surface area contributed by atoms with Crippen molar-refractivity contribution in [2.75, 3.05) is 9.80 Å². The van der Waals surface area contributed by atoms with Gasteiger partial charge in [-0.15, -0.1) is 0 Å². The first kappa shape index (κ1) is 69.8. The summed E-state index contributed by atoms with van der Waals surface area (Å²) in [6, 6.07) is 164. The lowest BCUT2D eigenvalue weighted by atomic mass is 10.0. The van der Waals surface area contributed by atoms with Crippen molar-refractivity contribution in [1.82, 2.24) is 22.8 Å². The molecule has 0 amide bonds. The fourth-order valence-corrected chi connectivity index (χ4v) is 19.3. The Morgan fingerprint density at radius 1 is 0.156 bits per heavy atom. The third-order valence-corrected chi connectivity index (χ3v) is 24.7. The lowest BCUT2D eigenvalue weighted by Gasteiger charge is -2.26. The van der Waals surface area contributed by atoms with Crippen LogP contribution in [0.2, 0.25) is 0 Å². The number of benzene rings is 19. The van der Waals surface area contributed by atoms with E-state index >= 15 is 0 Å². The maximum absolute atomic E-state index is 6.47. The zero-order valence-electron chi connectivity index (χ0n) is 66.3. The molecule has 0 saturated heterocycles. The first-order chi connectivity index (χ1) is 60.5. The number of hydrogen-bond donors (Lipinski definition) is 0. The summed E-state index contributed by atoms with van der Waals surface area (Å²) in [7, 11) is 0. The van der Waals surface area contributed by atoms with Crippen molar-refractivity contribution in [2.45, 2.75) is 0 Å². The van der Waals surface area contributed by atoms with Crippen LogP contribution in [-0.4, -0.2) is 22.8 Å². The van der Waals surface area contributed by atoms with Gasteiger partial charge in [-0.05, 0) is 193 Å². The highest BCUT2D eigenvalue weighted by Gasteiger charge is 2.25. The molecular formula is C114H75N7O. The van der Waals surface area contributed by atoms with Gasteiger partial charge in [-0.3, -0.25) is 0 Å². The van der Waals surface area contributed by atoms with E-state index in [0.717, 1.165) is 123 Å². The van der Waals surface area contributed by atoms with Crippen LogP contribution in [0.5, 0.6) is 0 Å². The quantitative estimate of drug-likeness (QED) is 0.116. The molecule has 0 aliphatic carbocycles. The van der Waals surface area contributed by atoms with Crippen LogP contribution < -0.4 is 9.80 Å². The fourth-order valence-electron chi connectivity index (χ4n) is 19.3. The summed E-state index contributed by atoms with van der Waals surface area (Å²) in [5.74, 6) is 0. The van der Waals surface area contributed by atoms with Crippen molar-refractivity contribution in [3.8, 4) is 50.7 Å². The van der Waals surface area contributed by atoms with E-state index in [1.165, 1.54) is 92.5 Å². The maximum atomic E-state index is 6.47. The summed E-state index contributed by atoms with van der Waals surface area (Å²) in [5.41, 5.74) is 30.2. The highest BCUT2D eigenvalue weighted by Crippen LogP contribution is 2.48. The van der Waals surface area contributed by atoms with Gasteiger partial charge in [0, 0.05) is 133 Å².